The zero-order chi connectivity index (χ0) is 7.11. The lowest BCUT2D eigenvalue weighted by Gasteiger charge is -2.09. The maximum Gasteiger partial charge on any atom is 0.133 e. The molecule has 1 radical (unpaired) electrons. The normalized spacial score (nSPS) is 10.7. The fourth-order valence-corrected chi connectivity index (χ4v) is 2.25. The predicted molar refractivity (Wildman–Crippen MR) is 43.8 cm³/mol. The molecule has 0 aliphatic carbocycles. The molecule has 9 heavy (non-hydrogen) atoms. The van der Waals surface area contributed by atoms with Gasteiger partial charge in [-0.3, -0.25) is 0 Å². The molecule has 0 amide bonds. The molecule has 0 saturated carbocycles. The third kappa shape index (κ3) is 4.63. The van der Waals surface area contributed by atoms with Crippen LogP contribution in [0, 0.1) is 0 Å². The van der Waals surface area contributed by atoms with Crippen LogP contribution in [-0.4, -0.2) is 22.0 Å². The van der Waals surface area contributed by atoms with Gasteiger partial charge in [0, 0.05) is 13.1 Å². The maximum absolute atomic E-state index is 5.34. The Morgan fingerprint density at radius 1 is 1.33 bits per heavy atom. The van der Waals surface area contributed by atoms with Crippen molar-refractivity contribution in [1.29, 1.82) is 0 Å². The molecule has 3 N–H and O–H groups in total. The maximum atomic E-state index is 5.34. The topological polar surface area (TPSA) is 38.0 Å². The predicted octanol–water partition coefficient (Wildman–Crippen LogP) is 0.566. The molecule has 0 aromatic rings. The number of nitrogens with one attached hydrogen (secondary N) is 1. The Hall–Kier alpha value is 0.137. The summed E-state index contributed by atoms with van der Waals surface area (Å²) in [6, 6.07) is 2.61. The molecule has 0 spiro atoms. The van der Waals surface area contributed by atoms with Gasteiger partial charge in [0.25, 0.3) is 0 Å². The van der Waals surface area contributed by atoms with E-state index in [1.807, 2.05) is 0 Å². The standard InChI is InChI=1S/C6H17N2Si/c1-3-9(4-2)8-6-5-7/h8H,3-7H2,1-2H3. The highest BCUT2D eigenvalue weighted by molar-refractivity contribution is 6.55. The van der Waals surface area contributed by atoms with E-state index >= 15 is 0 Å². The Morgan fingerprint density at radius 3 is 2.22 bits per heavy atom. The van der Waals surface area contributed by atoms with Crippen LogP contribution >= 0.6 is 0 Å². The first-order valence-corrected chi connectivity index (χ1v) is 5.55. The van der Waals surface area contributed by atoms with E-state index in [4.69, 9.17) is 5.73 Å². The third-order valence-electron chi connectivity index (χ3n) is 1.37. The Kier molecular flexibility index (Phi) is 6.35. The highest BCUT2D eigenvalue weighted by atomic mass is 28.3. The molecule has 0 fully saturated rings. The molecule has 0 aliphatic rings. The van der Waals surface area contributed by atoms with E-state index in [0.717, 1.165) is 13.1 Å². The highest BCUT2D eigenvalue weighted by Crippen LogP contribution is 1.91. The molecule has 0 atom stereocenters. The van der Waals surface area contributed by atoms with Gasteiger partial charge in [-0.05, 0) is 12.1 Å². The first-order valence-electron chi connectivity index (χ1n) is 3.63. The van der Waals surface area contributed by atoms with Crippen LogP contribution in [0.5, 0.6) is 0 Å². The van der Waals surface area contributed by atoms with Gasteiger partial charge in [-0.1, -0.05) is 13.8 Å². The minimum absolute atomic E-state index is 0.216. The average molecular weight is 145 g/mol. The average Bonchev–Trinajstić information content (AvgIpc) is 1.91. The van der Waals surface area contributed by atoms with E-state index in [1.165, 1.54) is 12.1 Å². The van der Waals surface area contributed by atoms with Crippen molar-refractivity contribution in [3.05, 3.63) is 0 Å². The van der Waals surface area contributed by atoms with Crippen LogP contribution in [-0.2, 0) is 0 Å². The summed E-state index contributed by atoms with van der Waals surface area (Å²) in [5, 5.41) is 0. The fourth-order valence-electron chi connectivity index (χ4n) is 0.749. The molecule has 0 aliphatic heterocycles. The molecule has 55 valence electrons. The number of hydrogen-bond donors (Lipinski definition) is 2. The smallest absolute Gasteiger partial charge is 0.133 e. The summed E-state index contributed by atoms with van der Waals surface area (Å²) >= 11 is 0. The summed E-state index contributed by atoms with van der Waals surface area (Å²) in [4.78, 5) is 3.45. The van der Waals surface area contributed by atoms with Gasteiger partial charge >= 0.3 is 0 Å². The van der Waals surface area contributed by atoms with Gasteiger partial charge in [-0.15, -0.1) is 0 Å². The Bertz CT molecular complexity index is 55.0. The third-order valence-corrected chi connectivity index (χ3v) is 3.83. The van der Waals surface area contributed by atoms with Gasteiger partial charge in [0.1, 0.15) is 8.96 Å². The molecule has 0 unspecified atom stereocenters. The van der Waals surface area contributed by atoms with E-state index in [-0.39, 0.29) is 8.96 Å². The van der Waals surface area contributed by atoms with Crippen molar-refractivity contribution in [2.75, 3.05) is 13.1 Å². The molecule has 0 aromatic heterocycles. The van der Waals surface area contributed by atoms with Crippen molar-refractivity contribution >= 4 is 8.96 Å². The zero-order valence-electron chi connectivity index (χ0n) is 6.41. The van der Waals surface area contributed by atoms with Crippen molar-refractivity contribution in [2.45, 2.75) is 25.9 Å². The molecule has 0 heterocycles. The Morgan fingerprint density at radius 2 is 1.89 bits per heavy atom. The van der Waals surface area contributed by atoms with E-state index in [0.29, 0.717) is 0 Å². The summed E-state index contributed by atoms with van der Waals surface area (Å²) in [6.45, 7) is 6.24. The first kappa shape index (κ1) is 9.14. The summed E-state index contributed by atoms with van der Waals surface area (Å²) in [7, 11) is -0.216. The van der Waals surface area contributed by atoms with Crippen LogP contribution in [0.3, 0.4) is 0 Å². The second-order valence-corrected chi connectivity index (χ2v) is 5.00. The van der Waals surface area contributed by atoms with E-state index < -0.39 is 0 Å². The lowest BCUT2D eigenvalue weighted by molar-refractivity contribution is 0.876. The summed E-state index contributed by atoms with van der Waals surface area (Å²) < 4.78 is 0. The van der Waals surface area contributed by atoms with E-state index in [9.17, 15) is 0 Å². The van der Waals surface area contributed by atoms with Crippen molar-refractivity contribution in [3.8, 4) is 0 Å². The Labute approximate surface area is 59.5 Å². The lowest BCUT2D eigenvalue weighted by Crippen LogP contribution is -2.35. The van der Waals surface area contributed by atoms with Crippen LogP contribution in [0.15, 0.2) is 0 Å². The summed E-state index contributed by atoms with van der Waals surface area (Å²) in [5.74, 6) is 0. The number of hydrogen-bond acceptors (Lipinski definition) is 2. The summed E-state index contributed by atoms with van der Waals surface area (Å²) in [5.41, 5.74) is 5.34. The number of rotatable bonds is 5. The quantitative estimate of drug-likeness (QED) is 0.555. The van der Waals surface area contributed by atoms with Crippen molar-refractivity contribution in [3.63, 3.8) is 0 Å². The second-order valence-electron chi connectivity index (χ2n) is 2.03. The lowest BCUT2D eigenvalue weighted by atomic mass is 10.7. The largest absolute Gasteiger partial charge is 0.337 e. The molecule has 0 aromatic carbocycles. The fraction of sp³-hybridized carbons (Fsp3) is 1.00. The van der Waals surface area contributed by atoms with Crippen LogP contribution in [0.25, 0.3) is 0 Å². The molecule has 0 rings (SSSR count). The SMILES string of the molecule is CC[Si](CC)NCCN. The van der Waals surface area contributed by atoms with Gasteiger partial charge in [-0.25, -0.2) is 0 Å². The molecule has 3 heteroatoms. The van der Waals surface area contributed by atoms with Gasteiger partial charge in [0.05, 0.1) is 0 Å². The number of nitrogens with two attached hydrogens (primary N) is 1. The molecular weight excluding hydrogens is 128 g/mol. The van der Waals surface area contributed by atoms with Gasteiger partial charge in [-0.2, -0.15) is 0 Å². The molecule has 0 saturated heterocycles. The van der Waals surface area contributed by atoms with Crippen LogP contribution in [0.4, 0.5) is 0 Å². The van der Waals surface area contributed by atoms with E-state index in [1.54, 1.807) is 0 Å². The highest BCUT2D eigenvalue weighted by Gasteiger charge is 2.02. The zero-order valence-corrected chi connectivity index (χ0v) is 7.41. The minimum Gasteiger partial charge on any atom is -0.337 e. The van der Waals surface area contributed by atoms with Crippen molar-refractivity contribution in [2.24, 2.45) is 5.73 Å². The van der Waals surface area contributed by atoms with Gasteiger partial charge in [0.15, 0.2) is 0 Å². The van der Waals surface area contributed by atoms with Gasteiger partial charge < -0.3 is 10.7 Å². The monoisotopic (exact) mass is 145 g/mol. The van der Waals surface area contributed by atoms with E-state index in [2.05, 4.69) is 18.8 Å². The minimum atomic E-state index is -0.216. The van der Waals surface area contributed by atoms with Crippen LogP contribution in [0.1, 0.15) is 13.8 Å². The van der Waals surface area contributed by atoms with Crippen LogP contribution in [0.2, 0.25) is 12.1 Å². The van der Waals surface area contributed by atoms with Crippen molar-refractivity contribution < 1.29 is 0 Å². The van der Waals surface area contributed by atoms with Gasteiger partial charge in [0.2, 0.25) is 0 Å². The summed E-state index contributed by atoms with van der Waals surface area (Å²) in [6.07, 6.45) is 0. The first-order chi connectivity index (χ1) is 4.35. The second kappa shape index (κ2) is 6.26. The van der Waals surface area contributed by atoms with Crippen molar-refractivity contribution in [1.82, 2.24) is 4.98 Å². The molecule has 0 bridgehead atoms. The van der Waals surface area contributed by atoms with Crippen LogP contribution < -0.4 is 10.7 Å². The molecular formula is C6H17N2Si. The Balaban J connectivity index is 3.09. The molecule has 2 nitrogen and oxygen atoms in total.